The molecule has 1 aliphatic rings. The lowest BCUT2D eigenvalue weighted by molar-refractivity contribution is -0.233. The third-order valence-corrected chi connectivity index (χ3v) is 1.88. The standard InChI is InChI=1S/C9H19NO/c1-8-6-5-7-10(8)11-9(2,3)4/h8H,5-7H2,1-4H3. The lowest BCUT2D eigenvalue weighted by Gasteiger charge is -2.29. The summed E-state index contributed by atoms with van der Waals surface area (Å²) >= 11 is 0. The van der Waals surface area contributed by atoms with E-state index in [0.717, 1.165) is 6.54 Å². The fourth-order valence-electron chi connectivity index (χ4n) is 1.39. The van der Waals surface area contributed by atoms with Gasteiger partial charge in [-0.3, -0.25) is 4.84 Å². The van der Waals surface area contributed by atoms with Crippen LogP contribution in [0.5, 0.6) is 0 Å². The molecule has 2 heteroatoms. The second-order valence-electron chi connectivity index (χ2n) is 4.34. The highest BCUT2D eigenvalue weighted by molar-refractivity contribution is 4.70. The van der Waals surface area contributed by atoms with Gasteiger partial charge in [-0.2, -0.15) is 5.06 Å². The van der Waals surface area contributed by atoms with E-state index in [1.165, 1.54) is 12.8 Å². The van der Waals surface area contributed by atoms with E-state index < -0.39 is 0 Å². The summed E-state index contributed by atoms with van der Waals surface area (Å²) in [6.45, 7) is 9.60. The molecule has 1 aliphatic heterocycles. The van der Waals surface area contributed by atoms with Crippen LogP contribution < -0.4 is 0 Å². The van der Waals surface area contributed by atoms with Gasteiger partial charge in [0, 0.05) is 12.6 Å². The molecule has 1 unspecified atom stereocenters. The van der Waals surface area contributed by atoms with Crippen LogP contribution in [0.3, 0.4) is 0 Å². The van der Waals surface area contributed by atoms with Crippen molar-refractivity contribution >= 4 is 0 Å². The molecule has 1 atom stereocenters. The lowest BCUT2D eigenvalue weighted by atomic mass is 10.2. The van der Waals surface area contributed by atoms with E-state index in [2.05, 4.69) is 32.8 Å². The molecule has 1 rings (SSSR count). The Labute approximate surface area is 69.5 Å². The normalized spacial score (nSPS) is 27.8. The molecule has 2 nitrogen and oxygen atoms in total. The van der Waals surface area contributed by atoms with Crippen LogP contribution in [0.2, 0.25) is 0 Å². The van der Waals surface area contributed by atoms with Crippen LogP contribution in [-0.4, -0.2) is 23.3 Å². The van der Waals surface area contributed by atoms with Crippen molar-refractivity contribution in [1.82, 2.24) is 5.06 Å². The van der Waals surface area contributed by atoms with Gasteiger partial charge in [0.05, 0.1) is 5.60 Å². The Hall–Kier alpha value is -0.0800. The number of hydroxylamine groups is 2. The van der Waals surface area contributed by atoms with Crippen molar-refractivity contribution in [3.05, 3.63) is 0 Å². The van der Waals surface area contributed by atoms with Crippen molar-refractivity contribution in [2.45, 2.75) is 52.2 Å². The quantitative estimate of drug-likeness (QED) is 0.578. The molecule has 0 aromatic carbocycles. The molecule has 0 radical (unpaired) electrons. The number of hydrogen-bond acceptors (Lipinski definition) is 2. The summed E-state index contributed by atoms with van der Waals surface area (Å²) in [5.74, 6) is 0. The Morgan fingerprint density at radius 2 is 2.00 bits per heavy atom. The van der Waals surface area contributed by atoms with Crippen molar-refractivity contribution in [2.75, 3.05) is 6.54 Å². The molecule has 0 spiro atoms. The molecule has 0 N–H and O–H groups in total. The third kappa shape index (κ3) is 2.80. The SMILES string of the molecule is CC1CCCN1OC(C)(C)C. The zero-order valence-corrected chi connectivity index (χ0v) is 8.05. The third-order valence-electron chi connectivity index (χ3n) is 1.88. The van der Waals surface area contributed by atoms with Crippen LogP contribution in [0.15, 0.2) is 0 Å². The minimum atomic E-state index is -0.0292. The summed E-state index contributed by atoms with van der Waals surface area (Å²) in [7, 11) is 0. The largest absolute Gasteiger partial charge is 0.293 e. The predicted octanol–water partition coefficient (Wildman–Crippen LogP) is 2.20. The highest BCUT2D eigenvalue weighted by atomic mass is 16.7. The lowest BCUT2D eigenvalue weighted by Crippen LogP contribution is -2.35. The Kier molecular flexibility index (Phi) is 2.55. The van der Waals surface area contributed by atoms with Gasteiger partial charge in [0.25, 0.3) is 0 Å². The summed E-state index contributed by atoms with van der Waals surface area (Å²) in [6, 6.07) is 0.606. The summed E-state index contributed by atoms with van der Waals surface area (Å²) in [5.41, 5.74) is -0.0292. The van der Waals surface area contributed by atoms with Gasteiger partial charge in [0.2, 0.25) is 0 Å². The summed E-state index contributed by atoms with van der Waals surface area (Å²) in [5, 5.41) is 2.11. The Balaban J connectivity index is 2.37. The zero-order chi connectivity index (χ0) is 8.48. The molecule has 1 saturated heterocycles. The highest BCUT2D eigenvalue weighted by Crippen LogP contribution is 2.21. The van der Waals surface area contributed by atoms with E-state index in [1.54, 1.807) is 0 Å². The Morgan fingerprint density at radius 1 is 1.36 bits per heavy atom. The maximum Gasteiger partial charge on any atom is 0.0816 e. The molecular weight excluding hydrogens is 138 g/mol. The van der Waals surface area contributed by atoms with Gasteiger partial charge in [-0.05, 0) is 40.5 Å². The van der Waals surface area contributed by atoms with Gasteiger partial charge >= 0.3 is 0 Å². The van der Waals surface area contributed by atoms with Crippen LogP contribution in [0.25, 0.3) is 0 Å². The number of nitrogens with zero attached hydrogens (tertiary/aromatic N) is 1. The van der Waals surface area contributed by atoms with Gasteiger partial charge in [0.15, 0.2) is 0 Å². The van der Waals surface area contributed by atoms with Gasteiger partial charge in [0.1, 0.15) is 0 Å². The minimum absolute atomic E-state index is 0.0292. The van der Waals surface area contributed by atoms with Gasteiger partial charge in [-0.1, -0.05) is 0 Å². The van der Waals surface area contributed by atoms with E-state index in [9.17, 15) is 0 Å². The molecule has 1 fully saturated rings. The first-order valence-corrected chi connectivity index (χ1v) is 4.45. The fraction of sp³-hybridized carbons (Fsp3) is 1.00. The van der Waals surface area contributed by atoms with E-state index in [-0.39, 0.29) is 5.60 Å². The van der Waals surface area contributed by atoms with Gasteiger partial charge in [-0.25, -0.2) is 0 Å². The molecule has 0 aromatic rings. The van der Waals surface area contributed by atoms with E-state index in [1.807, 2.05) is 0 Å². The first kappa shape index (κ1) is 9.01. The Morgan fingerprint density at radius 3 is 2.36 bits per heavy atom. The molecule has 66 valence electrons. The van der Waals surface area contributed by atoms with Crippen LogP contribution in [0, 0.1) is 0 Å². The molecule has 0 saturated carbocycles. The van der Waals surface area contributed by atoms with Crippen molar-refractivity contribution < 1.29 is 4.84 Å². The average Bonchev–Trinajstić information content (AvgIpc) is 2.12. The van der Waals surface area contributed by atoms with Crippen LogP contribution >= 0.6 is 0 Å². The molecule has 0 aromatic heterocycles. The molecule has 0 aliphatic carbocycles. The second-order valence-corrected chi connectivity index (χ2v) is 4.34. The number of rotatable bonds is 1. The smallest absolute Gasteiger partial charge is 0.0816 e. The van der Waals surface area contributed by atoms with Gasteiger partial charge in [-0.15, -0.1) is 0 Å². The summed E-state index contributed by atoms with van der Waals surface area (Å²) in [4.78, 5) is 5.74. The summed E-state index contributed by atoms with van der Waals surface area (Å²) < 4.78 is 0. The monoisotopic (exact) mass is 157 g/mol. The Bertz CT molecular complexity index is 128. The minimum Gasteiger partial charge on any atom is -0.293 e. The predicted molar refractivity (Wildman–Crippen MR) is 46.2 cm³/mol. The maximum absolute atomic E-state index is 5.74. The first-order chi connectivity index (χ1) is 4.99. The van der Waals surface area contributed by atoms with Crippen LogP contribution in [-0.2, 0) is 4.84 Å². The molecule has 11 heavy (non-hydrogen) atoms. The molecule has 0 amide bonds. The molecule has 1 heterocycles. The number of hydrogen-bond donors (Lipinski definition) is 0. The summed E-state index contributed by atoms with van der Waals surface area (Å²) in [6.07, 6.45) is 2.55. The molecule has 0 bridgehead atoms. The fourth-order valence-corrected chi connectivity index (χ4v) is 1.39. The van der Waals surface area contributed by atoms with Crippen molar-refractivity contribution in [1.29, 1.82) is 0 Å². The van der Waals surface area contributed by atoms with Crippen LogP contribution in [0.4, 0.5) is 0 Å². The van der Waals surface area contributed by atoms with E-state index >= 15 is 0 Å². The van der Waals surface area contributed by atoms with Crippen molar-refractivity contribution in [3.63, 3.8) is 0 Å². The second kappa shape index (κ2) is 3.11. The zero-order valence-electron chi connectivity index (χ0n) is 8.05. The van der Waals surface area contributed by atoms with Crippen LogP contribution in [0.1, 0.15) is 40.5 Å². The average molecular weight is 157 g/mol. The van der Waals surface area contributed by atoms with Crippen molar-refractivity contribution in [2.24, 2.45) is 0 Å². The van der Waals surface area contributed by atoms with E-state index in [0.29, 0.717) is 6.04 Å². The van der Waals surface area contributed by atoms with E-state index in [4.69, 9.17) is 4.84 Å². The first-order valence-electron chi connectivity index (χ1n) is 4.45. The highest BCUT2D eigenvalue weighted by Gasteiger charge is 2.25. The van der Waals surface area contributed by atoms with Gasteiger partial charge < -0.3 is 0 Å². The topological polar surface area (TPSA) is 12.5 Å². The maximum atomic E-state index is 5.74. The molecular formula is C9H19NO. The van der Waals surface area contributed by atoms with Crippen molar-refractivity contribution in [3.8, 4) is 0 Å².